The SMILES string of the molecule is COc1cccc(C2C3=CCC4C(=O)N(c5ccc(Cl)cc5)C(=O)C4C3CC3C(=O)N(c4ccccc4)C(=O)C32C)c1O. The third-order valence-corrected chi connectivity index (χ3v) is 10.2. The number of amides is 4. The van der Waals surface area contributed by atoms with E-state index in [0.29, 0.717) is 28.4 Å². The van der Waals surface area contributed by atoms with Crippen LogP contribution in [0.4, 0.5) is 11.4 Å². The molecule has 43 heavy (non-hydrogen) atoms. The first kappa shape index (κ1) is 27.4. The van der Waals surface area contributed by atoms with Crippen molar-refractivity contribution in [1.29, 1.82) is 0 Å². The fourth-order valence-corrected chi connectivity index (χ4v) is 8.09. The number of nitrogens with zero attached hydrogens (tertiary/aromatic N) is 2. The molecule has 2 saturated heterocycles. The van der Waals surface area contributed by atoms with E-state index < -0.39 is 35.0 Å². The summed E-state index contributed by atoms with van der Waals surface area (Å²) in [5.41, 5.74) is 0.897. The number of carbonyl (C=O) groups excluding carboxylic acids is 4. The number of para-hydroxylation sites is 2. The van der Waals surface area contributed by atoms with Crippen LogP contribution in [0.5, 0.6) is 11.5 Å². The Morgan fingerprint density at radius 2 is 1.53 bits per heavy atom. The molecule has 1 saturated carbocycles. The number of fused-ring (bicyclic) bond motifs is 4. The zero-order valence-corrected chi connectivity index (χ0v) is 24.3. The van der Waals surface area contributed by atoms with Gasteiger partial charge in [-0.2, -0.15) is 0 Å². The molecule has 4 aliphatic rings. The highest BCUT2D eigenvalue weighted by atomic mass is 35.5. The molecule has 7 rings (SSSR count). The van der Waals surface area contributed by atoms with Crippen LogP contribution < -0.4 is 14.5 Å². The summed E-state index contributed by atoms with van der Waals surface area (Å²) < 4.78 is 5.42. The molecule has 2 heterocycles. The van der Waals surface area contributed by atoms with Gasteiger partial charge in [0, 0.05) is 16.5 Å². The van der Waals surface area contributed by atoms with Gasteiger partial charge in [-0.05, 0) is 68.1 Å². The zero-order valence-electron chi connectivity index (χ0n) is 23.6. The van der Waals surface area contributed by atoms with Gasteiger partial charge in [0.15, 0.2) is 11.5 Å². The highest BCUT2D eigenvalue weighted by Gasteiger charge is 2.68. The molecular weight excluding hydrogens is 568 g/mol. The van der Waals surface area contributed by atoms with Gasteiger partial charge in [0.25, 0.3) is 0 Å². The number of ether oxygens (including phenoxy) is 1. The molecular formula is C34H29ClN2O6. The van der Waals surface area contributed by atoms with Crippen LogP contribution in [-0.4, -0.2) is 35.8 Å². The van der Waals surface area contributed by atoms with Crippen LogP contribution in [0.3, 0.4) is 0 Å². The van der Waals surface area contributed by atoms with Gasteiger partial charge in [0.2, 0.25) is 23.6 Å². The van der Waals surface area contributed by atoms with Crippen LogP contribution in [0.25, 0.3) is 0 Å². The summed E-state index contributed by atoms with van der Waals surface area (Å²) in [5.74, 6) is -4.53. The van der Waals surface area contributed by atoms with Crippen LogP contribution in [0.1, 0.15) is 31.2 Å². The average Bonchev–Trinajstić information content (AvgIpc) is 3.38. The number of halogens is 1. The van der Waals surface area contributed by atoms with E-state index in [4.69, 9.17) is 16.3 Å². The maximum atomic E-state index is 14.4. The molecule has 4 amide bonds. The Bertz CT molecular complexity index is 1720. The number of benzene rings is 3. The molecule has 8 nitrogen and oxygen atoms in total. The molecule has 3 aromatic rings. The third kappa shape index (κ3) is 3.75. The van der Waals surface area contributed by atoms with Crippen molar-refractivity contribution in [2.45, 2.75) is 25.7 Å². The number of phenolic OH excluding ortho intramolecular Hbond substituents is 1. The summed E-state index contributed by atoms with van der Waals surface area (Å²) in [6, 6.07) is 20.5. The van der Waals surface area contributed by atoms with E-state index in [1.54, 1.807) is 73.7 Å². The molecule has 1 N–H and O–H groups in total. The van der Waals surface area contributed by atoms with Gasteiger partial charge in [-0.15, -0.1) is 0 Å². The van der Waals surface area contributed by atoms with Crippen LogP contribution in [-0.2, 0) is 19.2 Å². The first-order chi connectivity index (χ1) is 20.7. The molecule has 6 atom stereocenters. The molecule has 6 unspecified atom stereocenters. The van der Waals surface area contributed by atoms with Crippen molar-refractivity contribution in [1.82, 2.24) is 0 Å². The summed E-state index contributed by atoms with van der Waals surface area (Å²) in [5, 5.41) is 11.9. The Balaban J connectivity index is 1.39. The van der Waals surface area contributed by atoms with Crippen LogP contribution in [0, 0.1) is 29.1 Å². The van der Waals surface area contributed by atoms with Crippen molar-refractivity contribution in [3.05, 3.63) is 95.0 Å². The van der Waals surface area contributed by atoms with E-state index in [2.05, 4.69) is 0 Å². The normalized spacial score (nSPS) is 29.7. The number of imide groups is 2. The number of hydrogen-bond donors (Lipinski definition) is 1. The lowest BCUT2D eigenvalue weighted by Gasteiger charge is -2.49. The van der Waals surface area contributed by atoms with E-state index in [1.165, 1.54) is 16.9 Å². The summed E-state index contributed by atoms with van der Waals surface area (Å²) in [6.45, 7) is 1.79. The van der Waals surface area contributed by atoms with Crippen molar-refractivity contribution in [2.75, 3.05) is 16.9 Å². The van der Waals surface area contributed by atoms with Crippen molar-refractivity contribution >= 4 is 46.6 Å². The fourth-order valence-electron chi connectivity index (χ4n) is 7.96. The predicted molar refractivity (Wildman–Crippen MR) is 160 cm³/mol. The molecule has 2 aliphatic carbocycles. The number of methoxy groups -OCH3 is 1. The first-order valence-corrected chi connectivity index (χ1v) is 14.7. The summed E-state index contributed by atoms with van der Waals surface area (Å²) in [4.78, 5) is 58.9. The van der Waals surface area contributed by atoms with Crippen LogP contribution >= 0.6 is 11.6 Å². The van der Waals surface area contributed by atoms with Gasteiger partial charge in [-0.25, -0.2) is 4.90 Å². The highest BCUT2D eigenvalue weighted by molar-refractivity contribution is 6.31. The molecule has 0 bridgehead atoms. The molecule has 9 heteroatoms. The molecule has 2 aliphatic heterocycles. The van der Waals surface area contributed by atoms with Gasteiger partial charge >= 0.3 is 0 Å². The van der Waals surface area contributed by atoms with Crippen LogP contribution in [0.2, 0.25) is 5.02 Å². The van der Waals surface area contributed by atoms with Crippen molar-refractivity contribution in [2.24, 2.45) is 29.1 Å². The summed E-state index contributed by atoms with van der Waals surface area (Å²) in [6.07, 6.45) is 2.49. The average molecular weight is 597 g/mol. The Morgan fingerprint density at radius 1 is 0.837 bits per heavy atom. The van der Waals surface area contributed by atoms with Crippen LogP contribution in [0.15, 0.2) is 84.4 Å². The Labute approximate surface area is 253 Å². The Kier molecular flexibility index (Phi) is 6.25. The van der Waals surface area contributed by atoms with E-state index >= 15 is 0 Å². The minimum absolute atomic E-state index is 0.117. The van der Waals surface area contributed by atoms with Gasteiger partial charge in [0.1, 0.15) is 0 Å². The number of anilines is 2. The van der Waals surface area contributed by atoms with Crippen molar-refractivity contribution in [3.8, 4) is 11.5 Å². The monoisotopic (exact) mass is 596 g/mol. The lowest BCUT2D eigenvalue weighted by molar-refractivity contribution is -0.131. The molecule has 3 fully saturated rings. The summed E-state index contributed by atoms with van der Waals surface area (Å²) in [7, 11) is 1.45. The van der Waals surface area contributed by atoms with Gasteiger partial charge in [0.05, 0.1) is 41.7 Å². The van der Waals surface area contributed by atoms with E-state index in [9.17, 15) is 24.3 Å². The minimum Gasteiger partial charge on any atom is -0.504 e. The van der Waals surface area contributed by atoms with E-state index in [1.807, 2.05) is 12.1 Å². The fraction of sp³-hybridized carbons (Fsp3) is 0.294. The van der Waals surface area contributed by atoms with E-state index in [-0.39, 0.29) is 41.5 Å². The highest BCUT2D eigenvalue weighted by Crippen LogP contribution is 2.64. The van der Waals surface area contributed by atoms with E-state index in [0.717, 1.165) is 5.57 Å². The quantitative estimate of drug-likeness (QED) is 0.316. The topological polar surface area (TPSA) is 104 Å². The van der Waals surface area contributed by atoms with Gasteiger partial charge < -0.3 is 9.84 Å². The largest absolute Gasteiger partial charge is 0.504 e. The Morgan fingerprint density at radius 3 is 2.23 bits per heavy atom. The molecule has 0 radical (unpaired) electrons. The number of allylic oxidation sites excluding steroid dienone is 2. The number of hydrogen-bond acceptors (Lipinski definition) is 6. The second-order valence-corrected chi connectivity index (χ2v) is 12.3. The van der Waals surface area contributed by atoms with Gasteiger partial charge in [-0.1, -0.05) is 53.6 Å². The van der Waals surface area contributed by atoms with Gasteiger partial charge in [-0.3, -0.25) is 24.1 Å². The third-order valence-electron chi connectivity index (χ3n) is 9.94. The number of phenols is 1. The number of carbonyl (C=O) groups is 4. The molecule has 218 valence electrons. The maximum Gasteiger partial charge on any atom is 0.241 e. The van der Waals surface area contributed by atoms with Crippen molar-refractivity contribution in [3.63, 3.8) is 0 Å². The first-order valence-electron chi connectivity index (χ1n) is 14.3. The second-order valence-electron chi connectivity index (χ2n) is 11.9. The smallest absolute Gasteiger partial charge is 0.241 e. The molecule has 0 aromatic heterocycles. The lowest BCUT2D eigenvalue weighted by Crippen LogP contribution is -2.48. The molecule has 0 spiro atoms. The second kappa shape index (κ2) is 9.81. The predicted octanol–water partition coefficient (Wildman–Crippen LogP) is 5.49. The summed E-state index contributed by atoms with van der Waals surface area (Å²) >= 11 is 6.07. The minimum atomic E-state index is -1.26. The Hall–Kier alpha value is -4.43. The maximum absolute atomic E-state index is 14.4. The lowest BCUT2D eigenvalue weighted by atomic mass is 9.51. The van der Waals surface area contributed by atoms with Crippen molar-refractivity contribution < 1.29 is 29.0 Å². The number of aromatic hydroxyl groups is 1. The standard InChI is InChI=1S/C34H29ClN2O6/c1-34-25(31(40)37(33(34)42)19-7-4-3-5-8-19)17-24-21(28(34)23-9-6-10-26(43-2)29(23)38)15-16-22-27(24)32(41)36(30(22)39)20-13-11-18(35)12-14-20/h3-15,22,24-25,27-28,38H,16-17H2,1-2H3. The number of rotatable bonds is 4. The zero-order chi connectivity index (χ0) is 30.2. The molecule has 3 aromatic carbocycles.